The van der Waals surface area contributed by atoms with E-state index in [2.05, 4.69) is 24.3 Å². The van der Waals surface area contributed by atoms with Crippen LogP contribution < -0.4 is 4.74 Å². The van der Waals surface area contributed by atoms with Gasteiger partial charge in [-0.3, -0.25) is 0 Å². The minimum absolute atomic E-state index is 0.0843. The molecule has 0 aliphatic heterocycles. The molecule has 0 amide bonds. The number of fused-ring (bicyclic) bond motifs is 1. The molecule has 94 valence electrons. The molecule has 18 heavy (non-hydrogen) atoms. The lowest BCUT2D eigenvalue weighted by molar-refractivity contribution is 0.182. The van der Waals surface area contributed by atoms with Gasteiger partial charge in [-0.25, -0.2) is 0 Å². The number of nitriles is 1. The Morgan fingerprint density at radius 3 is 2.72 bits per heavy atom. The molecule has 2 atom stereocenters. The summed E-state index contributed by atoms with van der Waals surface area (Å²) >= 11 is 0. The van der Waals surface area contributed by atoms with Gasteiger partial charge in [-0.05, 0) is 68.2 Å². The third-order valence-corrected chi connectivity index (χ3v) is 4.23. The van der Waals surface area contributed by atoms with Gasteiger partial charge in [0.25, 0.3) is 0 Å². The highest BCUT2D eigenvalue weighted by molar-refractivity contribution is 5.37. The van der Waals surface area contributed by atoms with Crippen molar-refractivity contribution in [1.29, 1.82) is 5.26 Å². The van der Waals surface area contributed by atoms with Gasteiger partial charge in [-0.15, -0.1) is 0 Å². The minimum Gasteiger partial charge on any atom is -0.489 e. The highest BCUT2D eigenvalue weighted by atomic mass is 16.5. The van der Waals surface area contributed by atoms with Gasteiger partial charge in [0, 0.05) is 0 Å². The lowest BCUT2D eigenvalue weighted by Gasteiger charge is -2.20. The molecule has 2 heteroatoms. The molecule has 0 N–H and O–H groups in total. The fourth-order valence-electron chi connectivity index (χ4n) is 3.17. The van der Waals surface area contributed by atoms with E-state index >= 15 is 0 Å². The van der Waals surface area contributed by atoms with E-state index in [9.17, 15) is 0 Å². The van der Waals surface area contributed by atoms with E-state index in [1.807, 2.05) is 0 Å². The van der Waals surface area contributed by atoms with E-state index in [0.717, 1.165) is 25.0 Å². The molecular formula is C16H19NO. The Balaban J connectivity index is 1.75. The zero-order valence-corrected chi connectivity index (χ0v) is 10.7. The predicted octanol–water partition coefficient (Wildman–Crippen LogP) is 3.64. The van der Waals surface area contributed by atoms with Gasteiger partial charge in [0.05, 0.1) is 12.0 Å². The average Bonchev–Trinajstić information content (AvgIpc) is 2.86. The standard InChI is InChI=1S/C16H19NO/c17-11-14-6-3-7-16(14)18-15-9-8-12-4-1-2-5-13(12)10-15/h8-10,14,16H,1-7H2. The topological polar surface area (TPSA) is 33.0 Å². The van der Waals surface area contributed by atoms with Crippen molar-refractivity contribution in [3.05, 3.63) is 29.3 Å². The molecule has 0 heterocycles. The highest BCUT2D eigenvalue weighted by Gasteiger charge is 2.29. The van der Waals surface area contributed by atoms with Crippen LogP contribution in [0.15, 0.2) is 18.2 Å². The summed E-state index contributed by atoms with van der Waals surface area (Å²) in [5, 5.41) is 9.08. The molecule has 2 nitrogen and oxygen atoms in total. The zero-order chi connectivity index (χ0) is 12.4. The van der Waals surface area contributed by atoms with E-state index in [4.69, 9.17) is 10.00 Å². The number of aryl methyl sites for hydroxylation is 2. The van der Waals surface area contributed by atoms with Crippen LogP contribution in [0.1, 0.15) is 43.2 Å². The highest BCUT2D eigenvalue weighted by Crippen LogP contribution is 2.31. The molecule has 2 aliphatic carbocycles. The quantitative estimate of drug-likeness (QED) is 0.792. The summed E-state index contributed by atoms with van der Waals surface area (Å²) in [4.78, 5) is 0. The molecule has 2 aliphatic rings. The van der Waals surface area contributed by atoms with E-state index in [1.165, 1.54) is 36.8 Å². The zero-order valence-electron chi connectivity index (χ0n) is 10.7. The molecule has 1 aromatic rings. The Morgan fingerprint density at radius 1 is 1.06 bits per heavy atom. The van der Waals surface area contributed by atoms with Gasteiger partial charge in [-0.2, -0.15) is 5.26 Å². The second-order valence-corrected chi connectivity index (χ2v) is 5.46. The Hall–Kier alpha value is -1.49. The van der Waals surface area contributed by atoms with Crippen LogP contribution >= 0.6 is 0 Å². The summed E-state index contributed by atoms with van der Waals surface area (Å²) in [6, 6.07) is 8.86. The van der Waals surface area contributed by atoms with Crippen molar-refractivity contribution < 1.29 is 4.74 Å². The summed E-state index contributed by atoms with van der Waals surface area (Å²) in [6.45, 7) is 0. The number of rotatable bonds is 2. The molecule has 1 aromatic carbocycles. The number of nitrogens with zero attached hydrogens (tertiary/aromatic N) is 1. The van der Waals surface area contributed by atoms with E-state index < -0.39 is 0 Å². The third-order valence-electron chi connectivity index (χ3n) is 4.23. The van der Waals surface area contributed by atoms with Gasteiger partial charge in [-0.1, -0.05) is 6.07 Å². The third kappa shape index (κ3) is 2.22. The molecular weight excluding hydrogens is 222 g/mol. The monoisotopic (exact) mass is 241 g/mol. The molecule has 0 bridgehead atoms. The molecule has 1 saturated carbocycles. The average molecular weight is 241 g/mol. The summed E-state index contributed by atoms with van der Waals surface area (Å²) in [6.07, 6.45) is 8.23. The smallest absolute Gasteiger partial charge is 0.120 e. The summed E-state index contributed by atoms with van der Waals surface area (Å²) in [7, 11) is 0. The number of benzene rings is 1. The maximum absolute atomic E-state index is 9.08. The number of hydrogen-bond donors (Lipinski definition) is 0. The SMILES string of the molecule is N#CC1CCCC1Oc1ccc2c(c1)CCCC2. The van der Waals surface area contributed by atoms with Crippen LogP contribution in [0.2, 0.25) is 0 Å². The van der Waals surface area contributed by atoms with Crippen molar-refractivity contribution in [2.24, 2.45) is 5.92 Å². The van der Waals surface area contributed by atoms with Crippen molar-refractivity contribution >= 4 is 0 Å². The minimum atomic E-state index is 0.0843. The van der Waals surface area contributed by atoms with Gasteiger partial charge in [0.2, 0.25) is 0 Å². The van der Waals surface area contributed by atoms with Crippen LogP contribution in [-0.2, 0) is 12.8 Å². The van der Waals surface area contributed by atoms with Gasteiger partial charge in [0.1, 0.15) is 11.9 Å². The molecule has 2 unspecified atom stereocenters. The van der Waals surface area contributed by atoms with Crippen LogP contribution in [0.5, 0.6) is 5.75 Å². The largest absolute Gasteiger partial charge is 0.489 e. The van der Waals surface area contributed by atoms with Gasteiger partial charge in [0.15, 0.2) is 0 Å². The van der Waals surface area contributed by atoms with Gasteiger partial charge < -0.3 is 4.74 Å². The lowest BCUT2D eigenvalue weighted by atomic mass is 9.92. The molecule has 0 spiro atoms. The molecule has 3 rings (SSSR count). The summed E-state index contributed by atoms with van der Waals surface area (Å²) < 4.78 is 6.02. The predicted molar refractivity (Wildman–Crippen MR) is 70.5 cm³/mol. The van der Waals surface area contributed by atoms with Crippen LogP contribution in [-0.4, -0.2) is 6.10 Å². The van der Waals surface area contributed by atoms with Gasteiger partial charge >= 0.3 is 0 Å². The number of hydrogen-bond acceptors (Lipinski definition) is 2. The van der Waals surface area contributed by atoms with Crippen LogP contribution in [0.25, 0.3) is 0 Å². The van der Waals surface area contributed by atoms with Crippen molar-refractivity contribution in [2.75, 3.05) is 0 Å². The first-order valence-corrected chi connectivity index (χ1v) is 7.05. The maximum atomic E-state index is 9.08. The molecule has 0 saturated heterocycles. The van der Waals surface area contributed by atoms with Crippen LogP contribution in [0.4, 0.5) is 0 Å². The van der Waals surface area contributed by atoms with Crippen molar-refractivity contribution in [1.82, 2.24) is 0 Å². The first-order valence-electron chi connectivity index (χ1n) is 7.05. The van der Waals surface area contributed by atoms with Crippen LogP contribution in [0.3, 0.4) is 0 Å². The van der Waals surface area contributed by atoms with Crippen molar-refractivity contribution in [3.8, 4) is 11.8 Å². The number of ether oxygens (including phenoxy) is 1. The maximum Gasteiger partial charge on any atom is 0.120 e. The van der Waals surface area contributed by atoms with E-state index in [0.29, 0.717) is 0 Å². The second kappa shape index (κ2) is 5.02. The Kier molecular flexibility index (Phi) is 3.23. The van der Waals surface area contributed by atoms with E-state index in [1.54, 1.807) is 0 Å². The molecule has 1 fully saturated rings. The fourth-order valence-corrected chi connectivity index (χ4v) is 3.17. The Morgan fingerprint density at radius 2 is 1.89 bits per heavy atom. The van der Waals surface area contributed by atoms with Crippen LogP contribution in [0, 0.1) is 17.2 Å². The summed E-state index contributed by atoms with van der Waals surface area (Å²) in [5.41, 5.74) is 2.93. The normalized spacial score (nSPS) is 26.4. The first kappa shape index (κ1) is 11.6. The molecule has 0 radical (unpaired) electrons. The first-order chi connectivity index (χ1) is 8.86. The Labute approximate surface area is 109 Å². The van der Waals surface area contributed by atoms with Crippen molar-refractivity contribution in [2.45, 2.75) is 51.0 Å². The summed E-state index contributed by atoms with van der Waals surface area (Å²) in [5.74, 6) is 1.05. The second-order valence-electron chi connectivity index (χ2n) is 5.46. The molecule has 0 aromatic heterocycles. The van der Waals surface area contributed by atoms with E-state index in [-0.39, 0.29) is 12.0 Å². The van der Waals surface area contributed by atoms with Crippen molar-refractivity contribution in [3.63, 3.8) is 0 Å². The lowest BCUT2D eigenvalue weighted by Crippen LogP contribution is -2.20. The Bertz CT molecular complexity index is 474. The fraction of sp³-hybridized carbons (Fsp3) is 0.562.